The highest BCUT2D eigenvalue weighted by Crippen LogP contribution is 2.37. The van der Waals surface area contributed by atoms with E-state index in [-0.39, 0.29) is 5.91 Å². The van der Waals surface area contributed by atoms with Gasteiger partial charge in [0.2, 0.25) is 5.91 Å². The van der Waals surface area contributed by atoms with Gasteiger partial charge in [0.25, 0.3) is 0 Å². The first-order valence-electron chi connectivity index (χ1n) is 10.1. The van der Waals surface area contributed by atoms with E-state index in [1.54, 1.807) is 20.3 Å². The number of aromatic nitrogens is 1. The maximum Gasteiger partial charge on any atom is 0.243 e. The summed E-state index contributed by atoms with van der Waals surface area (Å²) in [5.74, 6) is 1.21. The molecule has 3 aromatic rings. The average Bonchev–Trinajstić information content (AvgIpc) is 3.44. The highest BCUT2D eigenvalue weighted by molar-refractivity contribution is 7.14. The standard InChI is InChI=1S/C23H24ClN3O4S/c1-30-16-7-8-21(31-2)17(10-16)19-13-32-23(26-19)27-12-15(28)9-20(27)22(29)25-11-14-5-3-4-6-18(14)24/h3-8,10,13,15,20,28H,9,11-12H2,1-2H3,(H,25,29)/t15?,20-/m0/s1. The van der Waals surface area contributed by atoms with Gasteiger partial charge in [-0.1, -0.05) is 29.8 Å². The molecule has 1 aliphatic heterocycles. The summed E-state index contributed by atoms with van der Waals surface area (Å²) in [6.45, 7) is 0.662. The summed E-state index contributed by atoms with van der Waals surface area (Å²) < 4.78 is 10.8. The number of thiazole rings is 1. The zero-order valence-corrected chi connectivity index (χ0v) is 19.3. The van der Waals surface area contributed by atoms with Crippen LogP contribution in [0.5, 0.6) is 11.5 Å². The molecule has 0 aliphatic carbocycles. The van der Waals surface area contributed by atoms with E-state index in [0.717, 1.165) is 16.8 Å². The Morgan fingerprint density at radius 3 is 2.84 bits per heavy atom. The lowest BCUT2D eigenvalue weighted by molar-refractivity contribution is -0.122. The number of aliphatic hydroxyl groups excluding tert-OH is 1. The SMILES string of the molecule is COc1ccc(OC)c(-c2csc(N3CC(O)C[C@H]3C(=O)NCc3ccccc3Cl)n2)c1. The van der Waals surface area contributed by atoms with Gasteiger partial charge in [0.15, 0.2) is 5.13 Å². The fraction of sp³-hybridized carbons (Fsp3) is 0.304. The number of nitrogens with one attached hydrogen (secondary N) is 1. The second-order valence-electron chi connectivity index (χ2n) is 7.45. The van der Waals surface area contributed by atoms with Gasteiger partial charge >= 0.3 is 0 Å². The molecule has 1 saturated heterocycles. The van der Waals surface area contributed by atoms with Gasteiger partial charge in [-0.3, -0.25) is 4.79 Å². The molecule has 32 heavy (non-hydrogen) atoms. The van der Waals surface area contributed by atoms with Crippen molar-refractivity contribution >= 4 is 34.0 Å². The smallest absolute Gasteiger partial charge is 0.243 e. The van der Waals surface area contributed by atoms with Gasteiger partial charge in [0.05, 0.1) is 26.0 Å². The number of β-amino-alcohol motifs (C(OH)–C–C–N with tert-alkyl or cyclic N) is 1. The average molecular weight is 474 g/mol. The zero-order chi connectivity index (χ0) is 22.7. The molecule has 0 radical (unpaired) electrons. The summed E-state index contributed by atoms with van der Waals surface area (Å²) in [4.78, 5) is 19.6. The van der Waals surface area contributed by atoms with Crippen molar-refractivity contribution in [1.29, 1.82) is 0 Å². The Bertz CT molecular complexity index is 1110. The predicted octanol–water partition coefficient (Wildman–Crippen LogP) is 3.74. The molecular formula is C23H24ClN3O4S. The predicted molar refractivity (Wildman–Crippen MR) is 126 cm³/mol. The molecule has 9 heteroatoms. The number of halogens is 1. The minimum Gasteiger partial charge on any atom is -0.497 e. The normalized spacial score (nSPS) is 17.9. The molecule has 1 aromatic heterocycles. The Labute approximate surface area is 195 Å². The number of anilines is 1. The Morgan fingerprint density at radius 1 is 1.28 bits per heavy atom. The topological polar surface area (TPSA) is 83.9 Å². The van der Waals surface area contributed by atoms with Crippen LogP contribution < -0.4 is 19.7 Å². The maximum atomic E-state index is 13.0. The summed E-state index contributed by atoms with van der Waals surface area (Å²) >= 11 is 7.61. The zero-order valence-electron chi connectivity index (χ0n) is 17.7. The van der Waals surface area contributed by atoms with Gasteiger partial charge in [0, 0.05) is 35.5 Å². The molecule has 168 valence electrons. The maximum absolute atomic E-state index is 13.0. The van der Waals surface area contributed by atoms with Crippen molar-refractivity contribution in [2.45, 2.75) is 25.1 Å². The number of rotatable bonds is 7. The van der Waals surface area contributed by atoms with Crippen molar-refractivity contribution in [2.75, 3.05) is 25.7 Å². The van der Waals surface area contributed by atoms with Crippen LogP contribution in [0, 0.1) is 0 Å². The van der Waals surface area contributed by atoms with Crippen molar-refractivity contribution in [1.82, 2.24) is 10.3 Å². The quantitative estimate of drug-likeness (QED) is 0.544. The first-order valence-corrected chi connectivity index (χ1v) is 11.4. The van der Waals surface area contributed by atoms with E-state index >= 15 is 0 Å². The minimum atomic E-state index is -0.607. The molecule has 7 nitrogen and oxygen atoms in total. The van der Waals surface area contributed by atoms with Gasteiger partial charge in [-0.2, -0.15) is 0 Å². The molecule has 2 heterocycles. The number of methoxy groups -OCH3 is 2. The molecule has 1 amide bonds. The van der Waals surface area contributed by atoms with E-state index in [2.05, 4.69) is 5.32 Å². The molecule has 2 N–H and O–H groups in total. The van der Waals surface area contributed by atoms with Crippen LogP contribution in [0.4, 0.5) is 5.13 Å². The lowest BCUT2D eigenvalue weighted by Crippen LogP contribution is -2.43. The van der Waals surface area contributed by atoms with Crippen molar-refractivity contribution in [2.24, 2.45) is 0 Å². The fourth-order valence-electron chi connectivity index (χ4n) is 3.75. The number of carbonyl (C=O) groups excluding carboxylic acids is 1. The molecule has 2 atom stereocenters. The highest BCUT2D eigenvalue weighted by atomic mass is 35.5. The number of carbonyl (C=O) groups is 1. The number of hydrogen-bond acceptors (Lipinski definition) is 7. The largest absolute Gasteiger partial charge is 0.497 e. The lowest BCUT2D eigenvalue weighted by atomic mass is 10.1. The van der Waals surface area contributed by atoms with Crippen LogP contribution in [0.25, 0.3) is 11.3 Å². The monoisotopic (exact) mass is 473 g/mol. The Kier molecular flexibility index (Phi) is 6.83. The van der Waals surface area contributed by atoms with Crippen LogP contribution in [-0.2, 0) is 11.3 Å². The molecule has 2 aromatic carbocycles. The van der Waals surface area contributed by atoms with Crippen LogP contribution in [0.1, 0.15) is 12.0 Å². The Hall–Kier alpha value is -2.81. The van der Waals surface area contributed by atoms with E-state index in [1.165, 1.54) is 11.3 Å². The Morgan fingerprint density at radius 2 is 2.09 bits per heavy atom. The number of nitrogens with zero attached hydrogens (tertiary/aromatic N) is 2. The van der Waals surface area contributed by atoms with Crippen LogP contribution in [0.2, 0.25) is 5.02 Å². The third kappa shape index (κ3) is 4.67. The number of benzene rings is 2. The molecule has 0 bridgehead atoms. The summed E-state index contributed by atoms with van der Waals surface area (Å²) in [7, 11) is 3.21. The van der Waals surface area contributed by atoms with E-state index in [9.17, 15) is 9.90 Å². The van der Waals surface area contributed by atoms with Gasteiger partial charge in [-0.25, -0.2) is 4.98 Å². The van der Waals surface area contributed by atoms with E-state index in [0.29, 0.717) is 41.2 Å². The second-order valence-corrected chi connectivity index (χ2v) is 8.69. The van der Waals surface area contributed by atoms with Crippen molar-refractivity contribution in [3.63, 3.8) is 0 Å². The summed E-state index contributed by atoms with van der Waals surface area (Å²) in [5, 5.41) is 16.4. The van der Waals surface area contributed by atoms with Gasteiger partial charge in [-0.15, -0.1) is 11.3 Å². The van der Waals surface area contributed by atoms with Crippen molar-refractivity contribution < 1.29 is 19.4 Å². The van der Waals surface area contributed by atoms with Gasteiger partial charge < -0.3 is 24.8 Å². The van der Waals surface area contributed by atoms with Crippen molar-refractivity contribution in [3.05, 3.63) is 58.4 Å². The van der Waals surface area contributed by atoms with Crippen LogP contribution >= 0.6 is 22.9 Å². The molecule has 1 fully saturated rings. The molecule has 1 unspecified atom stereocenters. The fourth-order valence-corrected chi connectivity index (χ4v) is 4.84. The number of hydrogen-bond donors (Lipinski definition) is 2. The summed E-state index contributed by atoms with van der Waals surface area (Å²) in [6, 6.07) is 12.4. The van der Waals surface area contributed by atoms with E-state index in [1.807, 2.05) is 46.7 Å². The van der Waals surface area contributed by atoms with Gasteiger partial charge in [0.1, 0.15) is 17.5 Å². The first-order chi connectivity index (χ1) is 15.5. The molecule has 0 saturated carbocycles. The second kappa shape index (κ2) is 9.77. The number of ether oxygens (including phenoxy) is 2. The number of aliphatic hydroxyl groups is 1. The molecule has 0 spiro atoms. The summed E-state index contributed by atoms with van der Waals surface area (Å²) in [5.41, 5.74) is 2.36. The van der Waals surface area contributed by atoms with Crippen LogP contribution in [0.15, 0.2) is 47.8 Å². The lowest BCUT2D eigenvalue weighted by Gasteiger charge is -2.23. The van der Waals surface area contributed by atoms with E-state index in [4.69, 9.17) is 26.1 Å². The van der Waals surface area contributed by atoms with Crippen LogP contribution in [0.3, 0.4) is 0 Å². The Balaban J connectivity index is 1.53. The molecule has 4 rings (SSSR count). The van der Waals surface area contributed by atoms with Crippen LogP contribution in [-0.4, -0.2) is 48.9 Å². The van der Waals surface area contributed by atoms with Crippen molar-refractivity contribution in [3.8, 4) is 22.8 Å². The molecule has 1 aliphatic rings. The highest BCUT2D eigenvalue weighted by Gasteiger charge is 2.37. The third-order valence-corrected chi connectivity index (χ3v) is 6.66. The summed E-state index contributed by atoms with van der Waals surface area (Å²) in [6.07, 6.45) is -0.268. The minimum absolute atomic E-state index is 0.169. The molecular weight excluding hydrogens is 450 g/mol. The third-order valence-electron chi connectivity index (χ3n) is 5.41. The van der Waals surface area contributed by atoms with E-state index < -0.39 is 12.1 Å². The number of amides is 1. The van der Waals surface area contributed by atoms with Gasteiger partial charge in [-0.05, 0) is 29.8 Å². The first kappa shape index (κ1) is 22.4.